The largest absolute Gasteiger partial charge is 0.573 e. The van der Waals surface area contributed by atoms with Crippen LogP contribution >= 0.6 is 0 Å². The van der Waals surface area contributed by atoms with Crippen molar-refractivity contribution in [1.82, 2.24) is 10.4 Å². The highest BCUT2D eigenvalue weighted by Gasteiger charge is 2.33. The van der Waals surface area contributed by atoms with Gasteiger partial charge >= 0.3 is 6.36 Å². The number of nitrogens with one attached hydrogen (secondary N) is 1. The van der Waals surface area contributed by atoms with Crippen LogP contribution in [-0.2, 0) is 6.42 Å². The van der Waals surface area contributed by atoms with Crippen molar-refractivity contribution in [2.45, 2.75) is 32.5 Å². The number of benzene rings is 3. The highest BCUT2D eigenvalue weighted by molar-refractivity contribution is 6.01. The quantitative estimate of drug-likeness (QED) is 0.491. The fraction of sp³-hybridized carbons (Fsp3) is 0.346. The molecule has 1 aliphatic heterocycles. The minimum absolute atomic E-state index is 0.161. The summed E-state index contributed by atoms with van der Waals surface area (Å²) in [5.41, 5.74) is 5.10. The van der Waals surface area contributed by atoms with Gasteiger partial charge in [-0.3, -0.25) is 10.2 Å². The minimum Gasteiger partial charge on any atom is -0.404 e. The Labute approximate surface area is 197 Å². The van der Waals surface area contributed by atoms with E-state index in [0.29, 0.717) is 37.4 Å². The number of halogens is 3. The Morgan fingerprint density at radius 2 is 1.68 bits per heavy atom. The van der Waals surface area contributed by atoms with Crippen molar-refractivity contribution in [1.29, 1.82) is 0 Å². The highest BCUT2D eigenvalue weighted by atomic mass is 19.4. The van der Waals surface area contributed by atoms with Crippen LogP contribution in [-0.4, -0.2) is 43.5 Å². The molecule has 8 heteroatoms. The number of aryl methyl sites for hydroxylation is 1. The summed E-state index contributed by atoms with van der Waals surface area (Å²) in [6.07, 6.45) is -1.90. The Bertz CT molecular complexity index is 1140. The molecule has 0 spiro atoms. The number of anilines is 1. The van der Waals surface area contributed by atoms with Gasteiger partial charge in [-0.1, -0.05) is 55.8 Å². The summed E-state index contributed by atoms with van der Waals surface area (Å²) in [6.45, 7) is 3.99. The smallest absolute Gasteiger partial charge is 0.404 e. The third kappa shape index (κ3) is 5.62. The number of hydrogen-bond acceptors (Lipinski definition) is 4. The topological polar surface area (TPSA) is 44.8 Å². The summed E-state index contributed by atoms with van der Waals surface area (Å²) in [7, 11) is 0. The van der Waals surface area contributed by atoms with Crippen molar-refractivity contribution in [3.63, 3.8) is 0 Å². The van der Waals surface area contributed by atoms with Crippen LogP contribution in [0.15, 0.2) is 60.7 Å². The summed E-state index contributed by atoms with van der Waals surface area (Å²) in [5.74, 6) is -0.379. The number of fused-ring (bicyclic) bond motifs is 1. The van der Waals surface area contributed by atoms with Crippen molar-refractivity contribution >= 4 is 22.4 Å². The highest BCUT2D eigenvalue weighted by Crippen LogP contribution is 2.33. The van der Waals surface area contributed by atoms with E-state index in [2.05, 4.69) is 23.2 Å². The second kappa shape index (κ2) is 10.3. The van der Waals surface area contributed by atoms with E-state index in [9.17, 15) is 18.0 Å². The number of unbranched alkanes of at least 4 members (excludes halogenated alkanes) is 1. The van der Waals surface area contributed by atoms with Crippen LogP contribution in [0.2, 0.25) is 0 Å². The van der Waals surface area contributed by atoms with Crippen molar-refractivity contribution in [3.8, 4) is 5.75 Å². The van der Waals surface area contributed by atoms with Gasteiger partial charge in [0.25, 0.3) is 5.91 Å². The van der Waals surface area contributed by atoms with Crippen molar-refractivity contribution in [2.24, 2.45) is 0 Å². The van der Waals surface area contributed by atoms with Crippen LogP contribution in [0.3, 0.4) is 0 Å². The number of para-hydroxylation sites is 2. The van der Waals surface area contributed by atoms with E-state index in [0.717, 1.165) is 35.6 Å². The number of piperazine rings is 1. The fourth-order valence-corrected chi connectivity index (χ4v) is 4.36. The molecule has 1 N–H and O–H groups in total. The first kappa shape index (κ1) is 23.9. The zero-order valence-electron chi connectivity index (χ0n) is 19.1. The monoisotopic (exact) mass is 471 g/mol. The van der Waals surface area contributed by atoms with Crippen molar-refractivity contribution < 1.29 is 22.7 Å². The number of carbonyl (C=O) groups is 1. The molecule has 4 rings (SSSR count). The van der Waals surface area contributed by atoms with Crippen LogP contribution in [0, 0.1) is 0 Å². The molecule has 1 amide bonds. The number of hydrazine groups is 1. The predicted molar refractivity (Wildman–Crippen MR) is 127 cm³/mol. The normalized spacial score (nSPS) is 14.9. The fourth-order valence-electron chi connectivity index (χ4n) is 4.36. The summed E-state index contributed by atoms with van der Waals surface area (Å²) >= 11 is 0. The number of hydrogen-bond donors (Lipinski definition) is 1. The average Bonchev–Trinajstić information content (AvgIpc) is 2.82. The maximum Gasteiger partial charge on any atom is 0.573 e. The van der Waals surface area contributed by atoms with Gasteiger partial charge < -0.3 is 9.64 Å². The van der Waals surface area contributed by atoms with Gasteiger partial charge in [-0.2, -0.15) is 0 Å². The number of ether oxygens (including phenoxy) is 1. The van der Waals surface area contributed by atoms with Crippen LogP contribution < -0.4 is 15.1 Å². The second-order valence-electron chi connectivity index (χ2n) is 8.35. The molecule has 3 aromatic rings. The third-order valence-electron chi connectivity index (χ3n) is 6.04. The lowest BCUT2D eigenvalue weighted by molar-refractivity contribution is -0.274. The minimum atomic E-state index is -4.75. The summed E-state index contributed by atoms with van der Waals surface area (Å²) < 4.78 is 42.5. The Hall–Kier alpha value is -3.26. The van der Waals surface area contributed by atoms with Gasteiger partial charge in [0.05, 0.1) is 5.69 Å². The van der Waals surface area contributed by atoms with Gasteiger partial charge in [0, 0.05) is 31.7 Å². The molecular weight excluding hydrogens is 443 g/mol. The van der Waals surface area contributed by atoms with Crippen LogP contribution in [0.4, 0.5) is 18.9 Å². The summed E-state index contributed by atoms with van der Waals surface area (Å²) in [5, 5.41) is 4.03. The Morgan fingerprint density at radius 3 is 2.41 bits per heavy atom. The van der Waals surface area contributed by atoms with Crippen LogP contribution in [0.25, 0.3) is 10.8 Å². The summed E-state index contributed by atoms with van der Waals surface area (Å²) in [6, 6.07) is 18.0. The number of amides is 1. The van der Waals surface area contributed by atoms with Gasteiger partial charge in [-0.15, -0.1) is 13.2 Å². The molecule has 0 saturated carbocycles. The molecule has 34 heavy (non-hydrogen) atoms. The SMILES string of the molecule is CCCCc1c(C(=O)NN2CCN(c3ccccc3OC(F)(F)F)CC2)ccc2ccccc12. The van der Waals surface area contributed by atoms with Gasteiger partial charge in [0.2, 0.25) is 0 Å². The Kier molecular flexibility index (Phi) is 7.26. The Balaban J connectivity index is 1.45. The molecule has 0 aromatic heterocycles. The molecular formula is C26H28F3N3O2. The zero-order valence-corrected chi connectivity index (χ0v) is 19.1. The van der Waals surface area contributed by atoms with Crippen molar-refractivity contribution in [3.05, 3.63) is 71.8 Å². The molecule has 0 unspecified atom stereocenters. The van der Waals surface area contributed by atoms with Gasteiger partial charge in [0.15, 0.2) is 5.75 Å². The number of carbonyl (C=O) groups excluding carboxylic acids is 1. The van der Waals surface area contributed by atoms with E-state index in [-0.39, 0.29) is 11.7 Å². The van der Waals surface area contributed by atoms with Gasteiger partial charge in [-0.25, -0.2) is 5.01 Å². The maximum atomic E-state index is 13.2. The zero-order chi connectivity index (χ0) is 24.1. The van der Waals surface area contributed by atoms with E-state index < -0.39 is 6.36 Å². The maximum absolute atomic E-state index is 13.2. The van der Waals surface area contributed by atoms with E-state index in [1.54, 1.807) is 12.1 Å². The van der Waals surface area contributed by atoms with E-state index in [1.165, 1.54) is 12.1 Å². The predicted octanol–water partition coefficient (Wildman–Crippen LogP) is 5.55. The number of nitrogens with zero attached hydrogens (tertiary/aromatic N) is 2. The molecule has 0 radical (unpaired) electrons. The Morgan fingerprint density at radius 1 is 0.971 bits per heavy atom. The molecule has 1 aliphatic rings. The molecule has 3 aromatic carbocycles. The van der Waals surface area contributed by atoms with Gasteiger partial charge in [0.1, 0.15) is 0 Å². The molecule has 1 fully saturated rings. The first-order valence-electron chi connectivity index (χ1n) is 11.5. The van der Waals surface area contributed by atoms with Crippen molar-refractivity contribution in [2.75, 3.05) is 31.1 Å². The van der Waals surface area contributed by atoms with E-state index >= 15 is 0 Å². The lowest BCUT2D eigenvalue weighted by Gasteiger charge is -2.36. The lowest BCUT2D eigenvalue weighted by Crippen LogP contribution is -2.53. The third-order valence-corrected chi connectivity index (χ3v) is 6.04. The lowest BCUT2D eigenvalue weighted by atomic mass is 9.94. The number of rotatable bonds is 7. The van der Waals surface area contributed by atoms with E-state index in [1.807, 2.05) is 40.2 Å². The van der Waals surface area contributed by atoms with Gasteiger partial charge in [-0.05, 0) is 47.4 Å². The molecule has 1 saturated heterocycles. The number of alkyl halides is 3. The molecule has 0 atom stereocenters. The molecule has 0 aliphatic carbocycles. The molecule has 1 heterocycles. The van der Waals surface area contributed by atoms with E-state index in [4.69, 9.17) is 0 Å². The summed E-state index contributed by atoms with van der Waals surface area (Å²) in [4.78, 5) is 15.0. The standard InChI is InChI=1S/C26H28F3N3O2/c1-2-3-9-21-20-10-5-4-8-19(20)13-14-22(21)25(33)30-32-17-15-31(16-18-32)23-11-6-7-12-24(23)34-26(27,28)29/h4-8,10-14H,2-3,9,15-18H2,1H3,(H,30,33). The molecule has 0 bridgehead atoms. The van der Waals surface area contributed by atoms with Crippen LogP contribution in [0.1, 0.15) is 35.7 Å². The average molecular weight is 472 g/mol. The van der Waals surface area contributed by atoms with Crippen LogP contribution in [0.5, 0.6) is 5.75 Å². The first-order chi connectivity index (χ1) is 16.4. The molecule has 180 valence electrons. The second-order valence-corrected chi connectivity index (χ2v) is 8.35. The first-order valence-corrected chi connectivity index (χ1v) is 11.5. The molecule has 5 nitrogen and oxygen atoms in total.